The zero-order chi connectivity index (χ0) is 25.7. The molecule has 0 aliphatic heterocycles. The van der Waals surface area contributed by atoms with Gasteiger partial charge in [-0.25, -0.2) is 9.59 Å². The lowest BCUT2D eigenvalue weighted by atomic mass is 10.00. The van der Waals surface area contributed by atoms with Gasteiger partial charge in [0.15, 0.2) is 0 Å². The molecule has 0 aliphatic rings. The summed E-state index contributed by atoms with van der Waals surface area (Å²) in [6, 6.07) is 21.7. The number of rotatable bonds is 7. The van der Waals surface area contributed by atoms with Gasteiger partial charge in [0.05, 0.1) is 22.5 Å². The predicted octanol–water partition coefficient (Wildman–Crippen LogP) is 6.01. The van der Waals surface area contributed by atoms with Crippen LogP contribution in [0.1, 0.15) is 33.4 Å². The van der Waals surface area contributed by atoms with Crippen LogP contribution in [-0.2, 0) is 9.59 Å². The fourth-order valence-corrected chi connectivity index (χ4v) is 3.67. The summed E-state index contributed by atoms with van der Waals surface area (Å²) in [5.74, 6) is -2.13. The third kappa shape index (κ3) is 5.80. The van der Waals surface area contributed by atoms with E-state index >= 15 is 0 Å². The number of aromatic nitrogens is 2. The van der Waals surface area contributed by atoms with Crippen molar-refractivity contribution in [1.82, 2.24) is 9.97 Å². The second kappa shape index (κ2) is 10.6. The predicted molar refractivity (Wildman–Crippen MR) is 141 cm³/mol. The zero-order valence-corrected chi connectivity index (χ0v) is 19.8. The minimum absolute atomic E-state index is 0.115. The Balaban J connectivity index is 1.73. The van der Waals surface area contributed by atoms with Crippen LogP contribution in [0, 0.1) is 13.8 Å². The van der Waals surface area contributed by atoms with Gasteiger partial charge in [-0.3, -0.25) is 9.97 Å². The topological polar surface area (TPSA) is 100 Å². The highest BCUT2D eigenvalue weighted by Gasteiger charge is 2.15. The van der Waals surface area contributed by atoms with Crippen LogP contribution in [0.4, 0.5) is 0 Å². The molecule has 0 spiro atoms. The molecule has 6 heteroatoms. The number of carboxylic acids is 2. The summed E-state index contributed by atoms with van der Waals surface area (Å²) in [7, 11) is 0. The Hall–Kier alpha value is -4.84. The third-order valence-electron chi connectivity index (χ3n) is 5.64. The first-order valence-corrected chi connectivity index (χ1v) is 11.3. The normalized spacial score (nSPS) is 11.8. The van der Waals surface area contributed by atoms with Crippen LogP contribution >= 0.6 is 0 Å². The molecule has 178 valence electrons. The summed E-state index contributed by atoms with van der Waals surface area (Å²) in [5, 5.41) is 19.7. The smallest absolute Gasteiger partial charge is 0.336 e. The molecule has 0 atom stereocenters. The SMILES string of the molecule is Cc1ccc(C=C(C(=O)O)c2ccnc(-c3cc(C(=Cc4ccc(C)cc4)C(=O)O)ccn3)c2)cc1. The minimum Gasteiger partial charge on any atom is -0.478 e. The van der Waals surface area contributed by atoms with Crippen molar-refractivity contribution in [1.29, 1.82) is 0 Å². The molecule has 4 rings (SSSR count). The molecule has 36 heavy (non-hydrogen) atoms. The maximum absolute atomic E-state index is 12.1. The van der Waals surface area contributed by atoms with Gasteiger partial charge in [-0.05, 0) is 72.5 Å². The molecule has 0 unspecified atom stereocenters. The Labute approximate surface area is 208 Å². The largest absolute Gasteiger partial charge is 0.478 e. The van der Waals surface area contributed by atoms with E-state index in [0.717, 1.165) is 22.3 Å². The van der Waals surface area contributed by atoms with Gasteiger partial charge in [0.1, 0.15) is 0 Å². The van der Waals surface area contributed by atoms with Crippen LogP contribution in [0.25, 0.3) is 34.7 Å². The van der Waals surface area contributed by atoms with Crippen molar-refractivity contribution in [2.45, 2.75) is 13.8 Å². The lowest BCUT2D eigenvalue weighted by Gasteiger charge is -2.08. The van der Waals surface area contributed by atoms with Gasteiger partial charge < -0.3 is 10.2 Å². The number of aliphatic carboxylic acids is 2. The first-order chi connectivity index (χ1) is 17.3. The highest BCUT2D eigenvalue weighted by molar-refractivity contribution is 6.21. The van der Waals surface area contributed by atoms with Gasteiger partial charge in [0, 0.05) is 12.4 Å². The van der Waals surface area contributed by atoms with Crippen LogP contribution in [0.3, 0.4) is 0 Å². The van der Waals surface area contributed by atoms with Gasteiger partial charge in [0.2, 0.25) is 0 Å². The number of carbonyl (C=O) groups is 2. The van der Waals surface area contributed by atoms with E-state index in [1.807, 2.05) is 62.4 Å². The van der Waals surface area contributed by atoms with E-state index in [1.54, 1.807) is 36.4 Å². The van der Waals surface area contributed by atoms with Gasteiger partial charge in [-0.1, -0.05) is 59.7 Å². The summed E-state index contributed by atoms with van der Waals surface area (Å²) >= 11 is 0. The van der Waals surface area contributed by atoms with Crippen molar-refractivity contribution >= 4 is 35.2 Å². The van der Waals surface area contributed by atoms with E-state index in [0.29, 0.717) is 22.5 Å². The molecule has 6 nitrogen and oxygen atoms in total. The van der Waals surface area contributed by atoms with Crippen LogP contribution in [0.2, 0.25) is 0 Å². The molecule has 0 bridgehead atoms. The number of pyridine rings is 2. The van der Waals surface area contributed by atoms with E-state index in [-0.39, 0.29) is 11.1 Å². The Morgan fingerprint density at radius 2 is 0.972 bits per heavy atom. The Morgan fingerprint density at radius 3 is 1.31 bits per heavy atom. The first-order valence-electron chi connectivity index (χ1n) is 11.3. The molecule has 2 aromatic heterocycles. The number of benzene rings is 2. The molecular weight excluding hydrogens is 452 g/mol. The summed E-state index contributed by atoms with van der Waals surface area (Å²) in [5.41, 5.74) is 5.73. The second-order valence-electron chi connectivity index (χ2n) is 8.41. The molecule has 4 aromatic rings. The number of nitrogens with zero attached hydrogens (tertiary/aromatic N) is 2. The zero-order valence-electron chi connectivity index (χ0n) is 19.8. The Bertz CT molecular complexity index is 1370. The van der Waals surface area contributed by atoms with Crippen molar-refractivity contribution in [2.24, 2.45) is 0 Å². The van der Waals surface area contributed by atoms with Crippen LogP contribution in [-0.4, -0.2) is 32.1 Å². The van der Waals surface area contributed by atoms with E-state index in [1.165, 1.54) is 12.4 Å². The minimum atomic E-state index is -1.07. The quantitative estimate of drug-likeness (QED) is 0.317. The standard InChI is InChI=1S/C30H24N2O4/c1-19-3-7-21(8-4-19)15-25(29(33)34)23-11-13-31-27(17-23)28-18-24(12-14-32-28)26(30(35)36)16-22-9-5-20(2)6-10-22/h3-18H,1-2H3,(H,33,34)(H,35,36). The number of hydrogen-bond acceptors (Lipinski definition) is 4. The first kappa shape index (κ1) is 24.3. The summed E-state index contributed by atoms with van der Waals surface area (Å²) in [6.07, 6.45) is 6.26. The maximum Gasteiger partial charge on any atom is 0.336 e. The van der Waals surface area contributed by atoms with Gasteiger partial charge in [-0.15, -0.1) is 0 Å². The fourth-order valence-electron chi connectivity index (χ4n) is 3.67. The summed E-state index contributed by atoms with van der Waals surface area (Å²) < 4.78 is 0. The van der Waals surface area contributed by atoms with E-state index in [9.17, 15) is 19.8 Å². The maximum atomic E-state index is 12.1. The summed E-state index contributed by atoms with van der Waals surface area (Å²) in [4.78, 5) is 32.8. The van der Waals surface area contributed by atoms with E-state index in [2.05, 4.69) is 9.97 Å². The lowest BCUT2D eigenvalue weighted by molar-refractivity contribution is -0.131. The molecule has 2 heterocycles. The Morgan fingerprint density at radius 1 is 0.611 bits per heavy atom. The van der Waals surface area contributed by atoms with E-state index in [4.69, 9.17) is 0 Å². The van der Waals surface area contributed by atoms with Crippen molar-refractivity contribution in [3.05, 3.63) is 119 Å². The number of carboxylic acid groups (broad SMARTS) is 2. The van der Waals surface area contributed by atoms with Crippen LogP contribution in [0.15, 0.2) is 85.2 Å². The van der Waals surface area contributed by atoms with Crippen LogP contribution in [0.5, 0.6) is 0 Å². The third-order valence-corrected chi connectivity index (χ3v) is 5.64. The monoisotopic (exact) mass is 476 g/mol. The Kier molecular flexibility index (Phi) is 7.16. The van der Waals surface area contributed by atoms with E-state index < -0.39 is 11.9 Å². The molecule has 0 aliphatic carbocycles. The molecule has 2 N–H and O–H groups in total. The number of hydrogen-bond donors (Lipinski definition) is 2. The van der Waals surface area contributed by atoms with Gasteiger partial charge >= 0.3 is 11.9 Å². The van der Waals surface area contributed by atoms with Gasteiger partial charge in [0.25, 0.3) is 0 Å². The van der Waals surface area contributed by atoms with Crippen molar-refractivity contribution in [2.75, 3.05) is 0 Å². The lowest BCUT2D eigenvalue weighted by Crippen LogP contribution is -2.02. The van der Waals surface area contributed by atoms with Gasteiger partial charge in [-0.2, -0.15) is 0 Å². The summed E-state index contributed by atoms with van der Waals surface area (Å²) in [6.45, 7) is 3.93. The van der Waals surface area contributed by atoms with Crippen molar-refractivity contribution in [3.63, 3.8) is 0 Å². The molecule has 0 fully saturated rings. The molecule has 2 aromatic carbocycles. The average molecular weight is 477 g/mol. The molecular formula is C30H24N2O4. The number of aryl methyl sites for hydroxylation is 2. The highest BCUT2D eigenvalue weighted by Crippen LogP contribution is 2.26. The molecule has 0 saturated heterocycles. The van der Waals surface area contributed by atoms with Crippen LogP contribution < -0.4 is 0 Å². The van der Waals surface area contributed by atoms with Crippen molar-refractivity contribution < 1.29 is 19.8 Å². The van der Waals surface area contributed by atoms with Crippen molar-refractivity contribution in [3.8, 4) is 11.4 Å². The molecule has 0 amide bonds. The molecule has 0 radical (unpaired) electrons. The average Bonchev–Trinajstić information content (AvgIpc) is 2.87. The fraction of sp³-hybridized carbons (Fsp3) is 0.0667. The highest BCUT2D eigenvalue weighted by atomic mass is 16.4. The second-order valence-corrected chi connectivity index (χ2v) is 8.41. The molecule has 0 saturated carbocycles.